The van der Waals surface area contributed by atoms with Gasteiger partial charge in [0.25, 0.3) is 5.56 Å². The van der Waals surface area contributed by atoms with Gasteiger partial charge in [0.05, 0.1) is 99.6 Å². The lowest BCUT2D eigenvalue weighted by Gasteiger charge is -2.15. The SMILES string of the molecule is C=c1nc2c(c(=O)[nH]1)=Nc1ccc(OCOCOCOC)cc1N2.COCOCOCOc1cc2nc3cc4nc5ccccc5nc4cc3nc2cc1OCOCOCOC.COCOCOCOc1cc2nc3ccccc3nc2cc1OCOCOCOC.COCOCOCOc1cc2nc3nc4ccccc4nc3nc2cc1OCOCOCOC. The second-order valence-corrected chi connectivity index (χ2v) is 25.4. The third kappa shape index (κ3) is 27.8. The number of ether oxygens (including phenoxy) is 28. The summed E-state index contributed by atoms with van der Waals surface area (Å²) in [5, 5.41) is 3.28. The lowest BCUT2D eigenvalue weighted by molar-refractivity contribution is -0.148. The highest BCUT2D eigenvalue weighted by atomic mass is 16.8. The van der Waals surface area contributed by atoms with Gasteiger partial charge in [0.1, 0.15) is 58.8 Å². The van der Waals surface area contributed by atoms with Crippen molar-refractivity contribution in [2.24, 2.45) is 4.99 Å². The highest BCUT2D eigenvalue weighted by Crippen LogP contribution is 2.37. The lowest BCUT2D eigenvalue weighted by atomic mass is 10.2. The first-order valence-corrected chi connectivity index (χ1v) is 37.9. The molecule has 0 spiro atoms. The first-order chi connectivity index (χ1) is 62.0. The smallest absolute Gasteiger partial charge is 0.279 e. The topological polar surface area (TPSA) is 457 Å². The number of hydrogen-bond acceptors (Lipinski definition) is 42. The maximum atomic E-state index is 11.9. The van der Waals surface area contributed by atoms with Crippen LogP contribution < -0.4 is 54.9 Å². The minimum absolute atomic E-state index is 0.00463. The van der Waals surface area contributed by atoms with Gasteiger partial charge in [-0.1, -0.05) is 43.0 Å². The number of hydrogen-bond donors (Lipinski definition) is 2. The highest BCUT2D eigenvalue weighted by molar-refractivity contribution is 5.98. The maximum absolute atomic E-state index is 11.9. The van der Waals surface area contributed by atoms with Crippen LogP contribution in [-0.4, -0.2) is 252 Å². The molecule has 43 heteroatoms. The van der Waals surface area contributed by atoms with Gasteiger partial charge in [-0.25, -0.2) is 59.8 Å². The van der Waals surface area contributed by atoms with Crippen molar-refractivity contribution in [1.29, 1.82) is 0 Å². The minimum Gasteiger partial charge on any atom is -0.467 e. The van der Waals surface area contributed by atoms with Gasteiger partial charge in [0, 0.05) is 92.2 Å². The number of H-pyrrole nitrogens is 1. The Bertz CT molecular complexity index is 5730. The number of nitrogens with one attached hydrogen (secondary N) is 2. The van der Waals surface area contributed by atoms with Gasteiger partial charge in [-0.15, -0.1) is 0 Å². The first kappa shape index (κ1) is 92.8. The molecule has 0 saturated carbocycles. The van der Waals surface area contributed by atoms with E-state index >= 15 is 0 Å². The summed E-state index contributed by atoms with van der Waals surface area (Å²) in [6.07, 6.45) is 0. The molecule has 1 aliphatic heterocycles. The number of aromatic amines is 1. The number of anilines is 2. The van der Waals surface area contributed by atoms with E-state index in [9.17, 15) is 4.79 Å². The Kier molecular flexibility index (Phi) is 37.2. The third-order valence-electron chi connectivity index (χ3n) is 16.5. The molecule has 2 N–H and O–H groups in total. The van der Waals surface area contributed by atoms with Crippen molar-refractivity contribution in [1.82, 2.24) is 59.8 Å². The van der Waals surface area contributed by atoms with Gasteiger partial charge in [-0.3, -0.25) is 4.79 Å². The van der Waals surface area contributed by atoms with E-state index in [4.69, 9.17) is 153 Å². The number of aromatic nitrogens is 12. The van der Waals surface area contributed by atoms with Crippen LogP contribution in [0.1, 0.15) is 0 Å². The van der Waals surface area contributed by atoms with E-state index in [1.54, 1.807) is 54.6 Å². The molecule has 666 valence electrons. The second kappa shape index (κ2) is 50.5. The van der Waals surface area contributed by atoms with Gasteiger partial charge in [-0.05, 0) is 60.7 Å². The molecule has 7 heterocycles. The highest BCUT2D eigenvalue weighted by Gasteiger charge is 2.20. The van der Waals surface area contributed by atoms with Crippen LogP contribution in [0.15, 0.2) is 149 Å². The van der Waals surface area contributed by atoms with E-state index in [1.807, 2.05) is 84.9 Å². The Labute approximate surface area is 716 Å². The molecule has 0 saturated heterocycles. The summed E-state index contributed by atoms with van der Waals surface area (Å²) in [5.41, 5.74) is 13.2. The van der Waals surface area contributed by atoms with E-state index in [2.05, 4.69) is 56.8 Å². The van der Waals surface area contributed by atoms with Crippen LogP contribution in [0.5, 0.6) is 40.2 Å². The largest absolute Gasteiger partial charge is 0.467 e. The molecular weight excluding hydrogens is 1660 g/mol. The zero-order chi connectivity index (χ0) is 87.7. The molecule has 0 fully saturated rings. The van der Waals surface area contributed by atoms with Crippen molar-refractivity contribution < 1.29 is 133 Å². The molecule has 0 atom stereocenters. The molecule has 6 aromatic heterocycles. The van der Waals surface area contributed by atoms with Crippen molar-refractivity contribution >= 4 is 123 Å². The van der Waals surface area contributed by atoms with Crippen molar-refractivity contribution in [3.05, 3.63) is 161 Å². The fraction of sp³-hybridized carbons (Fsp3) is 0.337. The van der Waals surface area contributed by atoms with Gasteiger partial charge in [-0.2, -0.15) is 0 Å². The number of nitrogens with zero attached hydrogens (tertiary/aromatic N) is 12. The summed E-state index contributed by atoms with van der Waals surface area (Å²) in [5.74, 6) is 3.34. The van der Waals surface area contributed by atoms with Crippen LogP contribution in [0.2, 0.25) is 0 Å². The molecule has 43 nitrogen and oxygen atoms in total. The van der Waals surface area contributed by atoms with Crippen LogP contribution in [0.4, 0.5) is 17.2 Å². The summed E-state index contributed by atoms with van der Waals surface area (Å²) in [6, 6.07) is 42.2. The zero-order valence-electron chi connectivity index (χ0n) is 69.5. The van der Waals surface area contributed by atoms with Crippen LogP contribution in [0, 0.1) is 0 Å². The number of fused-ring (bicyclic) bond motifs is 11. The van der Waals surface area contributed by atoms with Gasteiger partial charge in [0.2, 0.25) is 0 Å². The van der Waals surface area contributed by atoms with E-state index in [-0.39, 0.29) is 159 Å². The third-order valence-corrected chi connectivity index (χ3v) is 16.5. The summed E-state index contributed by atoms with van der Waals surface area (Å²) >= 11 is 0. The molecule has 8 aromatic carbocycles. The van der Waals surface area contributed by atoms with Crippen molar-refractivity contribution in [3.8, 4) is 40.2 Å². The minimum atomic E-state index is -0.340. The number of benzene rings is 8. The number of methoxy groups -OCH3 is 7. The number of rotatable bonds is 49. The molecule has 0 unspecified atom stereocenters. The summed E-state index contributed by atoms with van der Waals surface area (Å²) in [6.45, 7) is 4.23. The standard InChI is InChI=1S/C26H26N4O8.C22H24N4O8.C20H24N2O8.C15H16N4O5/c1-31-11-33-13-35-15-37-25-9-23-24(10-26(25)38-16-36-14-34-12-32-2)30-22-8-20-19(7-21(22)29-23)27-17-5-3-4-6-18(17)28-20;1-27-9-29-11-31-13-33-19-7-17-18(8-20(19)34-14-32-12-30-10-28-2)26-22-21(25-17)23-15-5-3-4-6-16(15)24-22;1-23-9-25-11-27-13-29-19-7-17-18(22-16-6-4-3-5-15(16)21-17)8-20(19)30-14-28-12-26-10-24-2;1-9-16-14-13(15(20)17-9)18-11-4-3-10(5-12(11)19-14)24-8-23-7-22-6-21-2/h3-10H,11-16H2,1-2H3;3-8H,9-14H2,1-2H3;3-8H,9-14H2,1-2H3;3-5H,1,6-8H2,2H3,(H,16,19)(H,17,20). The summed E-state index contributed by atoms with van der Waals surface area (Å²) in [7, 11) is 10.7. The predicted molar refractivity (Wildman–Crippen MR) is 446 cm³/mol. The van der Waals surface area contributed by atoms with Crippen molar-refractivity contribution in [2.45, 2.75) is 0 Å². The molecule has 126 heavy (non-hydrogen) atoms. The van der Waals surface area contributed by atoms with Crippen LogP contribution in [0.25, 0.3) is 106 Å². The Morgan fingerprint density at radius 3 is 0.802 bits per heavy atom. The van der Waals surface area contributed by atoms with E-state index in [0.29, 0.717) is 113 Å². The molecule has 0 bridgehead atoms. The molecule has 0 radical (unpaired) electrons. The van der Waals surface area contributed by atoms with Crippen LogP contribution in [0.3, 0.4) is 0 Å². The van der Waals surface area contributed by atoms with Gasteiger partial charge >= 0.3 is 0 Å². The van der Waals surface area contributed by atoms with E-state index < -0.39 is 0 Å². The van der Waals surface area contributed by atoms with Crippen molar-refractivity contribution in [2.75, 3.05) is 198 Å². The van der Waals surface area contributed by atoms with Gasteiger partial charge < -0.3 is 143 Å². The Morgan fingerprint density at radius 2 is 0.508 bits per heavy atom. The quantitative estimate of drug-likeness (QED) is 0.0204. The fourth-order valence-electron chi connectivity index (χ4n) is 11.2. The molecule has 0 aliphatic carbocycles. The van der Waals surface area contributed by atoms with Gasteiger partial charge in [0.15, 0.2) is 152 Å². The average molecular weight is 1750 g/mol. The molecular formula is C83H90N14O29. The molecule has 14 aromatic rings. The molecule has 15 rings (SSSR count). The zero-order valence-corrected chi connectivity index (χ0v) is 69.5. The van der Waals surface area contributed by atoms with Crippen molar-refractivity contribution in [3.63, 3.8) is 0 Å². The normalized spacial score (nSPS) is 11.5. The lowest BCUT2D eigenvalue weighted by Crippen LogP contribution is -2.38. The maximum Gasteiger partial charge on any atom is 0.279 e. The Morgan fingerprint density at radius 1 is 0.262 bits per heavy atom. The predicted octanol–water partition coefficient (Wildman–Crippen LogP) is 9.09. The van der Waals surface area contributed by atoms with E-state index in [1.165, 1.54) is 49.8 Å². The van der Waals surface area contributed by atoms with E-state index in [0.717, 1.165) is 44.1 Å². The Hall–Kier alpha value is -12.4. The first-order valence-electron chi connectivity index (χ1n) is 37.9. The monoisotopic (exact) mass is 1750 g/mol. The van der Waals surface area contributed by atoms with Crippen LogP contribution in [-0.2, 0) is 99.5 Å². The fourth-order valence-corrected chi connectivity index (χ4v) is 11.2. The number of para-hydroxylation sites is 6. The summed E-state index contributed by atoms with van der Waals surface area (Å²) in [4.78, 5) is 69.5. The second-order valence-electron chi connectivity index (χ2n) is 25.4. The Balaban J connectivity index is 0.000000155. The van der Waals surface area contributed by atoms with Crippen LogP contribution >= 0.6 is 0 Å². The average Bonchev–Trinajstić information content (AvgIpc) is 0.772. The molecule has 1 aliphatic rings. The summed E-state index contributed by atoms with van der Waals surface area (Å²) < 4.78 is 146. The molecule has 0 amide bonds.